The molecule has 10 heteroatoms. The maximum atomic E-state index is 12.6. The third-order valence-corrected chi connectivity index (χ3v) is 7.57. The number of nitrogens with zero attached hydrogens (tertiary/aromatic N) is 2. The van der Waals surface area contributed by atoms with E-state index in [2.05, 4.69) is 15.6 Å². The molecule has 4 aromatic rings. The Labute approximate surface area is 195 Å². The van der Waals surface area contributed by atoms with Crippen LogP contribution in [0.15, 0.2) is 54.7 Å². The Balaban J connectivity index is 1.39. The zero-order chi connectivity index (χ0) is 22.9. The second kappa shape index (κ2) is 8.93. The van der Waals surface area contributed by atoms with Gasteiger partial charge < -0.3 is 10.6 Å². The highest BCUT2D eigenvalue weighted by molar-refractivity contribution is 7.92. The number of rotatable bonds is 7. The molecule has 0 fully saturated rings. The lowest BCUT2D eigenvalue weighted by Crippen LogP contribution is -2.28. The zero-order valence-electron chi connectivity index (χ0n) is 17.4. The first kappa shape index (κ1) is 22.3. The SMILES string of the molecule is CN(c1ccc2sc(C(=O)NCCNc3ccnc4cc(Cl)ccc34)cc2c1)S(C)(=O)=O. The van der Waals surface area contributed by atoms with Crippen LogP contribution in [-0.2, 0) is 10.0 Å². The van der Waals surface area contributed by atoms with Crippen LogP contribution < -0.4 is 14.9 Å². The van der Waals surface area contributed by atoms with E-state index in [1.54, 1.807) is 24.4 Å². The van der Waals surface area contributed by atoms with E-state index >= 15 is 0 Å². The number of pyridine rings is 1. The van der Waals surface area contributed by atoms with Crippen molar-refractivity contribution < 1.29 is 13.2 Å². The number of aromatic nitrogens is 1. The Morgan fingerprint density at radius 3 is 2.72 bits per heavy atom. The van der Waals surface area contributed by atoms with E-state index in [1.807, 2.05) is 30.3 Å². The van der Waals surface area contributed by atoms with Crippen molar-refractivity contribution in [1.29, 1.82) is 0 Å². The number of nitrogens with one attached hydrogen (secondary N) is 2. The van der Waals surface area contributed by atoms with Crippen LogP contribution in [0.25, 0.3) is 21.0 Å². The van der Waals surface area contributed by atoms with Gasteiger partial charge in [-0.05, 0) is 53.9 Å². The first-order chi connectivity index (χ1) is 15.2. The summed E-state index contributed by atoms with van der Waals surface area (Å²) in [5.74, 6) is -0.169. The smallest absolute Gasteiger partial charge is 0.261 e. The minimum absolute atomic E-state index is 0.169. The van der Waals surface area contributed by atoms with Crippen molar-refractivity contribution in [2.75, 3.05) is 36.0 Å². The summed E-state index contributed by atoms with van der Waals surface area (Å²) in [4.78, 5) is 17.5. The van der Waals surface area contributed by atoms with Crippen LogP contribution in [0, 0.1) is 0 Å². The minimum atomic E-state index is -3.35. The molecule has 0 saturated carbocycles. The molecule has 2 aromatic carbocycles. The monoisotopic (exact) mass is 488 g/mol. The number of sulfonamides is 1. The molecule has 2 N–H and O–H groups in total. The van der Waals surface area contributed by atoms with E-state index < -0.39 is 10.0 Å². The van der Waals surface area contributed by atoms with E-state index in [0.29, 0.717) is 28.7 Å². The summed E-state index contributed by atoms with van der Waals surface area (Å²) in [6.07, 6.45) is 2.87. The average Bonchev–Trinajstić information content (AvgIpc) is 3.18. The average molecular weight is 489 g/mol. The maximum absolute atomic E-state index is 12.6. The summed E-state index contributed by atoms with van der Waals surface area (Å²) >= 11 is 7.40. The molecule has 0 aliphatic carbocycles. The Morgan fingerprint density at radius 1 is 1.12 bits per heavy atom. The molecule has 0 saturated heterocycles. The topological polar surface area (TPSA) is 91.4 Å². The van der Waals surface area contributed by atoms with Crippen LogP contribution >= 0.6 is 22.9 Å². The van der Waals surface area contributed by atoms with Gasteiger partial charge in [-0.3, -0.25) is 14.1 Å². The third-order valence-electron chi connectivity index (χ3n) is 5.02. The lowest BCUT2D eigenvalue weighted by Gasteiger charge is -2.16. The molecule has 0 atom stereocenters. The van der Waals surface area contributed by atoms with Gasteiger partial charge >= 0.3 is 0 Å². The molecular formula is C22H21ClN4O3S2. The molecule has 0 unspecified atom stereocenters. The van der Waals surface area contributed by atoms with Crippen molar-refractivity contribution in [3.05, 3.63) is 64.6 Å². The molecule has 1 amide bonds. The highest BCUT2D eigenvalue weighted by Crippen LogP contribution is 2.30. The fourth-order valence-electron chi connectivity index (χ4n) is 3.27. The number of benzene rings is 2. The fourth-order valence-corrected chi connectivity index (χ4v) is 4.89. The van der Waals surface area contributed by atoms with Crippen molar-refractivity contribution in [2.45, 2.75) is 0 Å². The largest absolute Gasteiger partial charge is 0.383 e. The number of thiophene rings is 1. The van der Waals surface area contributed by atoms with Crippen molar-refractivity contribution in [2.24, 2.45) is 0 Å². The van der Waals surface area contributed by atoms with Gasteiger partial charge in [-0.1, -0.05) is 11.6 Å². The van der Waals surface area contributed by atoms with E-state index in [-0.39, 0.29) is 5.91 Å². The first-order valence-corrected chi connectivity index (χ1v) is 12.8. The van der Waals surface area contributed by atoms with Gasteiger partial charge in [0.05, 0.1) is 22.3 Å². The standard InChI is InChI=1S/C22H21ClN4O3S2/c1-27(32(2,29)30)16-4-6-20-14(11-16)12-21(31-20)22(28)26-10-9-25-18-7-8-24-19-13-15(23)3-5-17(18)19/h3-8,11-13H,9-10H2,1-2H3,(H,24,25)(H,26,28). The zero-order valence-corrected chi connectivity index (χ0v) is 19.8. The normalized spacial score (nSPS) is 11.6. The Bertz CT molecular complexity index is 1420. The van der Waals surface area contributed by atoms with Crippen LogP contribution in [-0.4, -0.2) is 45.7 Å². The van der Waals surface area contributed by atoms with Gasteiger partial charge in [-0.15, -0.1) is 11.3 Å². The van der Waals surface area contributed by atoms with E-state index in [0.717, 1.165) is 32.9 Å². The quantitative estimate of drug-likeness (QED) is 0.377. The van der Waals surface area contributed by atoms with Gasteiger partial charge in [-0.25, -0.2) is 8.42 Å². The molecule has 0 aliphatic rings. The van der Waals surface area contributed by atoms with Crippen LogP contribution in [0.4, 0.5) is 11.4 Å². The van der Waals surface area contributed by atoms with E-state index in [1.165, 1.54) is 22.7 Å². The summed E-state index contributed by atoms with van der Waals surface area (Å²) in [6, 6.07) is 14.5. The van der Waals surface area contributed by atoms with Crippen molar-refractivity contribution in [3.63, 3.8) is 0 Å². The Hall–Kier alpha value is -2.88. The number of fused-ring (bicyclic) bond motifs is 2. The van der Waals surface area contributed by atoms with Crippen LogP contribution in [0.1, 0.15) is 9.67 Å². The molecule has 2 heterocycles. The molecule has 2 aromatic heterocycles. The number of carbonyl (C=O) groups is 1. The van der Waals surface area contributed by atoms with Gasteiger partial charge in [0.1, 0.15) is 0 Å². The molecular weight excluding hydrogens is 468 g/mol. The molecule has 0 aliphatic heterocycles. The number of hydrogen-bond acceptors (Lipinski definition) is 6. The number of carbonyl (C=O) groups excluding carboxylic acids is 1. The molecule has 32 heavy (non-hydrogen) atoms. The molecule has 0 bridgehead atoms. The Kier molecular flexibility index (Phi) is 6.23. The predicted octanol–water partition coefficient (Wildman–Crippen LogP) is 4.34. The van der Waals surface area contributed by atoms with Gasteiger partial charge in [0.15, 0.2) is 0 Å². The molecule has 0 spiro atoms. The summed E-state index contributed by atoms with van der Waals surface area (Å²) in [6.45, 7) is 0.980. The van der Waals surface area contributed by atoms with Crippen LogP contribution in [0.5, 0.6) is 0 Å². The molecule has 4 rings (SSSR count). The van der Waals surface area contributed by atoms with Crippen LogP contribution in [0.3, 0.4) is 0 Å². The summed E-state index contributed by atoms with van der Waals surface area (Å²) in [5.41, 5.74) is 2.28. The lowest BCUT2D eigenvalue weighted by atomic mass is 10.2. The van der Waals surface area contributed by atoms with Crippen molar-refractivity contribution >= 4 is 71.2 Å². The van der Waals surface area contributed by atoms with Gasteiger partial charge in [0.2, 0.25) is 10.0 Å². The maximum Gasteiger partial charge on any atom is 0.261 e. The lowest BCUT2D eigenvalue weighted by molar-refractivity contribution is 0.0959. The number of amides is 1. The minimum Gasteiger partial charge on any atom is -0.383 e. The van der Waals surface area contributed by atoms with Crippen molar-refractivity contribution in [3.8, 4) is 0 Å². The van der Waals surface area contributed by atoms with Crippen LogP contribution in [0.2, 0.25) is 5.02 Å². The van der Waals surface area contributed by atoms with Gasteiger partial charge in [0.25, 0.3) is 5.91 Å². The highest BCUT2D eigenvalue weighted by Gasteiger charge is 2.15. The highest BCUT2D eigenvalue weighted by atomic mass is 35.5. The predicted molar refractivity (Wildman–Crippen MR) is 133 cm³/mol. The molecule has 7 nitrogen and oxygen atoms in total. The summed E-state index contributed by atoms with van der Waals surface area (Å²) in [7, 11) is -1.84. The number of hydrogen-bond donors (Lipinski definition) is 2. The number of anilines is 2. The fraction of sp³-hybridized carbons (Fsp3) is 0.182. The molecule has 0 radical (unpaired) electrons. The first-order valence-electron chi connectivity index (χ1n) is 9.76. The Morgan fingerprint density at radius 2 is 1.94 bits per heavy atom. The second-order valence-corrected chi connectivity index (χ2v) is 10.8. The van der Waals surface area contributed by atoms with E-state index in [9.17, 15) is 13.2 Å². The number of halogens is 1. The second-order valence-electron chi connectivity index (χ2n) is 7.27. The van der Waals surface area contributed by atoms with Gasteiger partial charge in [-0.2, -0.15) is 0 Å². The summed E-state index contributed by atoms with van der Waals surface area (Å²) < 4.78 is 25.7. The third kappa shape index (κ3) is 4.79. The summed E-state index contributed by atoms with van der Waals surface area (Å²) in [5, 5.41) is 8.65. The molecule has 166 valence electrons. The van der Waals surface area contributed by atoms with Gasteiger partial charge in [0, 0.05) is 47.1 Å². The van der Waals surface area contributed by atoms with Crippen molar-refractivity contribution in [1.82, 2.24) is 10.3 Å². The van der Waals surface area contributed by atoms with E-state index in [4.69, 9.17) is 11.6 Å².